The minimum Gasteiger partial charge on any atom is -0.444 e. The molecule has 1 fully saturated rings. The Hall–Kier alpha value is -2.00. The third kappa shape index (κ3) is 6.27. The molecule has 1 aromatic carbocycles. The maximum atomic E-state index is 13.3. The molecule has 1 atom stereocenters. The molecule has 9 heteroatoms. The van der Waals surface area contributed by atoms with E-state index >= 15 is 0 Å². The number of hydrogen-bond acceptors (Lipinski definition) is 5. The molecule has 0 saturated carbocycles. The van der Waals surface area contributed by atoms with Crippen LogP contribution in [0.4, 0.5) is 14.9 Å². The molecular formula is C19H25BrFN3O4. The van der Waals surface area contributed by atoms with E-state index in [1.165, 1.54) is 18.2 Å². The van der Waals surface area contributed by atoms with Crippen molar-refractivity contribution in [1.82, 2.24) is 10.4 Å². The first-order chi connectivity index (χ1) is 13.1. The Morgan fingerprint density at radius 1 is 1.32 bits per heavy atom. The van der Waals surface area contributed by atoms with E-state index in [0.717, 1.165) is 0 Å². The standard InChI is InChI=1S/C19H25BrFN3O4/c1-19(2,3)28-18(26)24-9-4-5-12(8-10-24)16(25)17(23-27)22-13-6-7-15(21)14(20)11-13/h6-7,11-12,27H,4-5,8-10H2,1-3H3,(H,22,23). The molecule has 28 heavy (non-hydrogen) atoms. The number of halogens is 2. The van der Waals surface area contributed by atoms with Gasteiger partial charge in [0.2, 0.25) is 5.78 Å². The van der Waals surface area contributed by atoms with Crippen molar-refractivity contribution in [3.8, 4) is 0 Å². The van der Waals surface area contributed by atoms with Gasteiger partial charge in [0.15, 0.2) is 5.84 Å². The zero-order chi connectivity index (χ0) is 20.9. The predicted octanol–water partition coefficient (Wildman–Crippen LogP) is 4.20. The van der Waals surface area contributed by atoms with Crippen LogP contribution in [0.1, 0.15) is 40.0 Å². The largest absolute Gasteiger partial charge is 0.444 e. The topological polar surface area (TPSA) is 91.2 Å². The molecule has 2 rings (SSSR count). The monoisotopic (exact) mass is 457 g/mol. The Labute approximate surface area is 172 Å². The number of rotatable bonds is 3. The van der Waals surface area contributed by atoms with Gasteiger partial charge in [-0.15, -0.1) is 0 Å². The molecule has 0 spiro atoms. The van der Waals surface area contributed by atoms with Gasteiger partial charge in [-0.05, 0) is 74.2 Å². The van der Waals surface area contributed by atoms with Crippen LogP contribution in [-0.2, 0) is 9.53 Å². The Kier molecular flexibility index (Phi) is 7.54. The van der Waals surface area contributed by atoms with Gasteiger partial charge >= 0.3 is 6.09 Å². The molecule has 0 bridgehead atoms. The summed E-state index contributed by atoms with van der Waals surface area (Å²) >= 11 is 3.06. The lowest BCUT2D eigenvalue weighted by atomic mass is 9.95. The van der Waals surface area contributed by atoms with Crippen LogP contribution in [0.25, 0.3) is 0 Å². The van der Waals surface area contributed by atoms with E-state index in [-0.39, 0.29) is 16.1 Å². The van der Waals surface area contributed by atoms with E-state index in [9.17, 15) is 19.2 Å². The molecule has 154 valence electrons. The van der Waals surface area contributed by atoms with Gasteiger partial charge in [-0.1, -0.05) is 0 Å². The summed E-state index contributed by atoms with van der Waals surface area (Å²) < 4.78 is 18.9. The summed E-state index contributed by atoms with van der Waals surface area (Å²) in [6, 6.07) is 4.03. The lowest BCUT2D eigenvalue weighted by Crippen LogP contribution is -2.38. The quantitative estimate of drug-likeness (QED) is 0.403. The van der Waals surface area contributed by atoms with E-state index in [0.29, 0.717) is 38.0 Å². The molecule has 0 aliphatic carbocycles. The molecule has 7 nitrogen and oxygen atoms in total. The van der Waals surface area contributed by atoms with Crippen LogP contribution in [0.15, 0.2) is 27.7 Å². The highest BCUT2D eigenvalue weighted by atomic mass is 79.9. The molecule has 2 N–H and O–H groups in total. The maximum absolute atomic E-state index is 13.3. The summed E-state index contributed by atoms with van der Waals surface area (Å²) in [6.07, 6.45) is 1.24. The summed E-state index contributed by atoms with van der Waals surface area (Å²) in [5.74, 6) is -1.41. The number of aliphatic imine (C=N–C) groups is 1. The van der Waals surface area contributed by atoms with Crippen molar-refractivity contribution in [2.45, 2.75) is 45.6 Å². The summed E-state index contributed by atoms with van der Waals surface area (Å²) in [5.41, 5.74) is 1.59. The van der Waals surface area contributed by atoms with E-state index in [1.54, 1.807) is 25.7 Å². The van der Waals surface area contributed by atoms with Crippen LogP contribution < -0.4 is 5.48 Å². The molecule has 1 aromatic rings. The molecule has 0 radical (unpaired) electrons. The highest BCUT2D eigenvalue weighted by Gasteiger charge is 2.29. The van der Waals surface area contributed by atoms with Gasteiger partial charge in [-0.2, -0.15) is 0 Å². The first kappa shape index (κ1) is 22.3. The number of hydroxylamine groups is 1. The fraction of sp³-hybridized carbons (Fsp3) is 0.526. The highest BCUT2D eigenvalue weighted by molar-refractivity contribution is 9.10. The van der Waals surface area contributed by atoms with E-state index in [1.807, 2.05) is 5.48 Å². The van der Waals surface area contributed by atoms with Crippen molar-refractivity contribution in [2.24, 2.45) is 10.9 Å². The normalized spacial score (nSPS) is 18.4. The minimum atomic E-state index is -0.581. The number of carbonyl (C=O) groups excluding carboxylic acids is 2. The number of hydrogen-bond donors (Lipinski definition) is 2. The van der Waals surface area contributed by atoms with Crippen molar-refractivity contribution >= 4 is 39.3 Å². The Balaban J connectivity index is 2.07. The first-order valence-corrected chi connectivity index (χ1v) is 9.86. The average Bonchev–Trinajstić information content (AvgIpc) is 2.87. The number of likely N-dealkylation sites (tertiary alicyclic amines) is 1. The second kappa shape index (κ2) is 9.47. The molecule has 1 amide bonds. The fourth-order valence-corrected chi connectivity index (χ4v) is 3.25. The number of carbonyl (C=O) groups is 2. The number of amidine groups is 1. The number of amides is 1. The van der Waals surface area contributed by atoms with Gasteiger partial charge in [0.05, 0.1) is 10.2 Å². The van der Waals surface area contributed by atoms with Crippen LogP contribution in [0, 0.1) is 11.7 Å². The SMILES string of the molecule is CC(C)(C)OC(=O)N1CCCC(C(=O)C(=Nc2ccc(F)c(Br)c2)NO)CC1. The van der Waals surface area contributed by atoms with Crippen LogP contribution >= 0.6 is 15.9 Å². The van der Waals surface area contributed by atoms with Crippen molar-refractivity contribution in [3.05, 3.63) is 28.5 Å². The number of nitrogens with one attached hydrogen (secondary N) is 1. The number of benzene rings is 1. The van der Waals surface area contributed by atoms with Crippen LogP contribution in [0.2, 0.25) is 0 Å². The number of ketones is 1. The number of nitrogens with zero attached hydrogens (tertiary/aromatic N) is 2. The Bertz CT molecular complexity index is 764. The lowest BCUT2D eigenvalue weighted by molar-refractivity contribution is -0.117. The number of Topliss-reactive ketones (excluding diaryl/α,β-unsaturated/α-hetero) is 1. The Morgan fingerprint density at radius 2 is 2.04 bits per heavy atom. The smallest absolute Gasteiger partial charge is 0.410 e. The van der Waals surface area contributed by atoms with Gasteiger partial charge in [-0.25, -0.2) is 19.7 Å². The second-order valence-electron chi connectivity index (χ2n) is 7.63. The molecular weight excluding hydrogens is 433 g/mol. The van der Waals surface area contributed by atoms with Crippen LogP contribution in [-0.4, -0.2) is 46.5 Å². The summed E-state index contributed by atoms with van der Waals surface area (Å²) in [4.78, 5) is 30.7. The van der Waals surface area contributed by atoms with Gasteiger partial charge in [0, 0.05) is 19.0 Å². The van der Waals surface area contributed by atoms with Crippen LogP contribution in [0.5, 0.6) is 0 Å². The molecule has 1 unspecified atom stereocenters. The molecule has 1 aliphatic heterocycles. The second-order valence-corrected chi connectivity index (χ2v) is 8.48. The van der Waals surface area contributed by atoms with Gasteiger partial charge in [0.25, 0.3) is 0 Å². The minimum absolute atomic E-state index is 0.209. The van der Waals surface area contributed by atoms with Gasteiger partial charge in [-0.3, -0.25) is 10.0 Å². The summed E-state index contributed by atoms with van der Waals surface area (Å²) in [7, 11) is 0. The molecule has 1 saturated heterocycles. The highest BCUT2D eigenvalue weighted by Crippen LogP contribution is 2.24. The first-order valence-electron chi connectivity index (χ1n) is 9.06. The lowest BCUT2D eigenvalue weighted by Gasteiger charge is -2.26. The van der Waals surface area contributed by atoms with Gasteiger partial charge in [0.1, 0.15) is 11.4 Å². The molecule has 1 heterocycles. The molecule has 0 aromatic heterocycles. The van der Waals surface area contributed by atoms with E-state index < -0.39 is 23.4 Å². The van der Waals surface area contributed by atoms with E-state index in [2.05, 4.69) is 20.9 Å². The van der Waals surface area contributed by atoms with Crippen molar-refractivity contribution < 1.29 is 23.9 Å². The van der Waals surface area contributed by atoms with Crippen molar-refractivity contribution in [3.63, 3.8) is 0 Å². The van der Waals surface area contributed by atoms with Crippen molar-refractivity contribution in [1.29, 1.82) is 0 Å². The zero-order valence-electron chi connectivity index (χ0n) is 16.2. The fourth-order valence-electron chi connectivity index (χ4n) is 2.88. The average molecular weight is 458 g/mol. The summed E-state index contributed by atoms with van der Waals surface area (Å²) in [6.45, 7) is 6.30. The Morgan fingerprint density at radius 3 is 2.64 bits per heavy atom. The third-order valence-corrected chi connectivity index (χ3v) is 4.84. The van der Waals surface area contributed by atoms with Gasteiger partial charge < -0.3 is 9.64 Å². The van der Waals surface area contributed by atoms with Crippen LogP contribution in [0.3, 0.4) is 0 Å². The zero-order valence-corrected chi connectivity index (χ0v) is 17.8. The maximum Gasteiger partial charge on any atom is 0.410 e. The van der Waals surface area contributed by atoms with Crippen molar-refractivity contribution in [2.75, 3.05) is 13.1 Å². The predicted molar refractivity (Wildman–Crippen MR) is 106 cm³/mol. The molecule has 1 aliphatic rings. The van der Waals surface area contributed by atoms with E-state index in [4.69, 9.17) is 4.74 Å². The number of ether oxygens (including phenoxy) is 1. The summed E-state index contributed by atoms with van der Waals surface area (Å²) in [5, 5.41) is 9.38. The third-order valence-electron chi connectivity index (χ3n) is 4.23.